The third-order valence-corrected chi connectivity index (χ3v) is 6.35. The Bertz CT molecular complexity index is 786. The molecule has 0 saturated heterocycles. The first kappa shape index (κ1) is 19.6. The van der Waals surface area contributed by atoms with Gasteiger partial charge in [0.15, 0.2) is 0 Å². The normalized spacial score (nSPS) is 12.7. The highest BCUT2D eigenvalue weighted by atomic mass is 32.2. The van der Waals surface area contributed by atoms with Gasteiger partial charge in [0.2, 0.25) is 10.0 Å². The van der Waals surface area contributed by atoms with Gasteiger partial charge < -0.3 is 9.84 Å². The first-order chi connectivity index (χ1) is 12.0. The van der Waals surface area contributed by atoms with Crippen molar-refractivity contribution in [2.45, 2.75) is 23.7 Å². The third-order valence-electron chi connectivity index (χ3n) is 3.82. The van der Waals surface area contributed by atoms with Gasteiger partial charge in [-0.1, -0.05) is 30.3 Å². The van der Waals surface area contributed by atoms with E-state index in [2.05, 4.69) is 9.46 Å². The number of carbonyl (C=O) groups is 1. The molecule has 136 valence electrons. The molecule has 0 radical (unpaired) electrons. The summed E-state index contributed by atoms with van der Waals surface area (Å²) < 4.78 is 32.0. The van der Waals surface area contributed by atoms with Crippen LogP contribution in [0.15, 0.2) is 46.7 Å². The Hall–Kier alpha value is -1.74. The van der Waals surface area contributed by atoms with Gasteiger partial charge in [-0.25, -0.2) is 17.9 Å². The topological polar surface area (TPSA) is 92.7 Å². The maximum atomic E-state index is 12.4. The molecule has 1 atom stereocenters. The number of hydrogen-bond acceptors (Lipinski definition) is 6. The van der Waals surface area contributed by atoms with E-state index in [0.717, 1.165) is 16.9 Å². The Morgan fingerprint density at radius 1 is 1.24 bits per heavy atom. The number of thiophene rings is 1. The van der Waals surface area contributed by atoms with E-state index in [9.17, 15) is 18.3 Å². The van der Waals surface area contributed by atoms with E-state index in [1.807, 2.05) is 30.3 Å². The van der Waals surface area contributed by atoms with Gasteiger partial charge in [0.05, 0.1) is 7.11 Å². The second-order valence-corrected chi connectivity index (χ2v) is 8.06. The standard InChI is InChI=1S/C17H21NO5S2/c1-23-17(20)16-15(9-12-24-16)25(21,22)18-10-7-14(8-11-19)13-5-3-2-4-6-13/h2-6,9,12,14,18-19H,7-8,10-11H2,1H3. The summed E-state index contributed by atoms with van der Waals surface area (Å²) in [7, 11) is -2.58. The molecule has 1 aromatic heterocycles. The van der Waals surface area contributed by atoms with Gasteiger partial charge in [0.25, 0.3) is 0 Å². The van der Waals surface area contributed by atoms with Crippen molar-refractivity contribution in [3.05, 3.63) is 52.2 Å². The average Bonchev–Trinajstić information content (AvgIpc) is 3.12. The highest BCUT2D eigenvalue weighted by molar-refractivity contribution is 7.89. The van der Waals surface area contributed by atoms with Crippen LogP contribution in [-0.4, -0.2) is 39.8 Å². The number of nitrogens with one attached hydrogen (secondary N) is 1. The second kappa shape index (κ2) is 9.10. The molecule has 2 N–H and O–H groups in total. The minimum atomic E-state index is -3.80. The number of carbonyl (C=O) groups excluding carboxylic acids is 1. The molecule has 0 aliphatic rings. The summed E-state index contributed by atoms with van der Waals surface area (Å²) in [5, 5.41) is 10.8. The van der Waals surface area contributed by atoms with Crippen molar-refractivity contribution in [1.82, 2.24) is 4.72 Å². The maximum Gasteiger partial charge on any atom is 0.349 e. The van der Waals surface area contributed by atoms with Crippen LogP contribution in [0, 0.1) is 0 Å². The lowest BCUT2D eigenvalue weighted by atomic mass is 9.93. The number of aliphatic hydroxyl groups is 1. The fraction of sp³-hybridized carbons (Fsp3) is 0.353. The molecular formula is C17H21NO5S2. The van der Waals surface area contributed by atoms with Gasteiger partial charge in [-0.15, -0.1) is 11.3 Å². The highest BCUT2D eigenvalue weighted by Crippen LogP contribution is 2.25. The summed E-state index contributed by atoms with van der Waals surface area (Å²) >= 11 is 1.03. The molecule has 0 aliphatic heterocycles. The molecule has 1 heterocycles. The zero-order chi connectivity index (χ0) is 18.3. The van der Waals surface area contributed by atoms with Crippen molar-refractivity contribution in [3.63, 3.8) is 0 Å². The molecule has 0 spiro atoms. The molecule has 0 bridgehead atoms. The van der Waals surface area contributed by atoms with Gasteiger partial charge in [-0.2, -0.15) is 0 Å². The molecule has 2 aromatic rings. The number of sulfonamides is 1. The molecule has 0 saturated carbocycles. The number of ether oxygens (including phenoxy) is 1. The minimum Gasteiger partial charge on any atom is -0.465 e. The van der Waals surface area contributed by atoms with Crippen LogP contribution in [0.2, 0.25) is 0 Å². The van der Waals surface area contributed by atoms with Crippen molar-refractivity contribution in [1.29, 1.82) is 0 Å². The van der Waals surface area contributed by atoms with Gasteiger partial charge in [0.1, 0.15) is 9.77 Å². The van der Waals surface area contributed by atoms with Gasteiger partial charge in [-0.3, -0.25) is 0 Å². The number of benzene rings is 1. The largest absolute Gasteiger partial charge is 0.465 e. The number of hydrogen-bond donors (Lipinski definition) is 2. The van der Waals surface area contributed by atoms with Crippen LogP contribution in [0.25, 0.3) is 0 Å². The Balaban J connectivity index is 2.04. The summed E-state index contributed by atoms with van der Waals surface area (Å²) in [5.41, 5.74) is 1.06. The minimum absolute atomic E-state index is 0.0311. The van der Waals surface area contributed by atoms with Crippen LogP contribution < -0.4 is 4.72 Å². The van der Waals surface area contributed by atoms with E-state index in [-0.39, 0.29) is 28.8 Å². The molecule has 2 rings (SSSR count). The lowest BCUT2D eigenvalue weighted by Gasteiger charge is -2.16. The predicted octanol–water partition coefficient (Wildman–Crippen LogP) is 2.37. The molecule has 1 unspecified atom stereocenters. The lowest BCUT2D eigenvalue weighted by Crippen LogP contribution is -2.27. The van der Waals surface area contributed by atoms with Gasteiger partial charge in [0, 0.05) is 13.2 Å². The van der Waals surface area contributed by atoms with E-state index >= 15 is 0 Å². The quantitative estimate of drug-likeness (QED) is 0.649. The second-order valence-electron chi connectivity index (χ2n) is 5.41. The van der Waals surface area contributed by atoms with Crippen molar-refractivity contribution in [3.8, 4) is 0 Å². The lowest BCUT2D eigenvalue weighted by molar-refractivity contribution is 0.0602. The first-order valence-corrected chi connectivity index (χ1v) is 10.2. The van der Waals surface area contributed by atoms with Crippen LogP contribution in [-0.2, 0) is 14.8 Å². The van der Waals surface area contributed by atoms with Crippen molar-refractivity contribution < 1.29 is 23.1 Å². The van der Waals surface area contributed by atoms with E-state index in [4.69, 9.17) is 0 Å². The molecule has 8 heteroatoms. The molecular weight excluding hydrogens is 362 g/mol. The molecule has 0 amide bonds. The Labute approximate surface area is 151 Å². The van der Waals surface area contributed by atoms with Crippen LogP contribution in [0.1, 0.15) is 34.0 Å². The fourth-order valence-corrected chi connectivity index (χ4v) is 4.93. The third kappa shape index (κ3) is 5.12. The van der Waals surface area contributed by atoms with E-state index in [1.165, 1.54) is 13.2 Å². The number of aliphatic hydroxyl groups excluding tert-OH is 1. The number of methoxy groups -OCH3 is 1. The van der Waals surface area contributed by atoms with Crippen LogP contribution in [0.5, 0.6) is 0 Å². The van der Waals surface area contributed by atoms with Crippen LogP contribution in [0.3, 0.4) is 0 Å². The Morgan fingerprint density at radius 2 is 1.96 bits per heavy atom. The zero-order valence-electron chi connectivity index (χ0n) is 13.8. The molecule has 0 fully saturated rings. The molecule has 0 aliphatic carbocycles. The van der Waals surface area contributed by atoms with Gasteiger partial charge in [-0.05, 0) is 35.8 Å². The summed E-state index contributed by atoms with van der Waals surface area (Å²) in [6.45, 7) is 0.238. The highest BCUT2D eigenvalue weighted by Gasteiger charge is 2.24. The number of esters is 1. The molecule has 1 aromatic carbocycles. The molecule has 25 heavy (non-hydrogen) atoms. The van der Waals surface area contributed by atoms with Crippen molar-refractivity contribution >= 4 is 27.3 Å². The summed E-state index contributed by atoms with van der Waals surface area (Å²) in [6, 6.07) is 11.1. The van der Waals surface area contributed by atoms with Crippen molar-refractivity contribution in [2.75, 3.05) is 20.3 Å². The molecule has 6 nitrogen and oxygen atoms in total. The predicted molar refractivity (Wildman–Crippen MR) is 96.3 cm³/mol. The number of rotatable bonds is 9. The Morgan fingerprint density at radius 3 is 2.60 bits per heavy atom. The Kier molecular flexibility index (Phi) is 7.12. The van der Waals surface area contributed by atoms with Gasteiger partial charge >= 0.3 is 5.97 Å². The zero-order valence-corrected chi connectivity index (χ0v) is 15.5. The van der Waals surface area contributed by atoms with E-state index in [0.29, 0.717) is 12.8 Å². The summed E-state index contributed by atoms with van der Waals surface area (Å²) in [6.07, 6.45) is 1.10. The van der Waals surface area contributed by atoms with E-state index in [1.54, 1.807) is 5.38 Å². The maximum absolute atomic E-state index is 12.4. The average molecular weight is 383 g/mol. The summed E-state index contributed by atoms with van der Waals surface area (Å²) in [4.78, 5) is 11.7. The first-order valence-electron chi connectivity index (χ1n) is 7.81. The van der Waals surface area contributed by atoms with Crippen LogP contribution >= 0.6 is 11.3 Å². The smallest absolute Gasteiger partial charge is 0.349 e. The van der Waals surface area contributed by atoms with Crippen LogP contribution in [0.4, 0.5) is 0 Å². The van der Waals surface area contributed by atoms with E-state index < -0.39 is 16.0 Å². The SMILES string of the molecule is COC(=O)c1sccc1S(=O)(=O)NCCC(CCO)c1ccccc1. The summed E-state index contributed by atoms with van der Waals surface area (Å²) in [5.74, 6) is -0.616. The monoisotopic (exact) mass is 383 g/mol. The van der Waals surface area contributed by atoms with Crippen molar-refractivity contribution in [2.24, 2.45) is 0 Å². The fourth-order valence-electron chi connectivity index (χ4n) is 2.55.